The number of hydrogen-bond acceptors (Lipinski definition) is 3. The monoisotopic (exact) mass is 264 g/mol. The third kappa shape index (κ3) is 3.56. The molecule has 1 heterocycles. The zero-order valence-electron chi connectivity index (χ0n) is 9.69. The Balaban J connectivity index is 1.75. The summed E-state index contributed by atoms with van der Waals surface area (Å²) in [5.74, 6) is 0.710. The second kappa shape index (κ2) is 6.16. The highest BCUT2D eigenvalue weighted by atomic mass is 35.5. The first-order chi connectivity index (χ1) is 8.75. The third-order valence-electron chi connectivity index (χ3n) is 2.43. The Labute approximate surface area is 110 Å². The summed E-state index contributed by atoms with van der Waals surface area (Å²) in [6.07, 6.45) is 3.04. The first kappa shape index (κ1) is 12.6. The van der Waals surface area contributed by atoms with Gasteiger partial charge in [0, 0.05) is 23.6 Å². The Bertz CT molecular complexity index is 513. The van der Waals surface area contributed by atoms with Crippen molar-refractivity contribution in [3.8, 4) is 0 Å². The summed E-state index contributed by atoms with van der Waals surface area (Å²) in [6.45, 7) is 0.589. The number of aryl methyl sites for hydroxylation is 1. The molecule has 5 nitrogen and oxygen atoms in total. The van der Waals surface area contributed by atoms with E-state index in [1.807, 2.05) is 0 Å². The first-order valence-corrected chi connectivity index (χ1v) is 6.01. The molecule has 0 aliphatic rings. The number of nitrogens with one attached hydrogen (secondary N) is 2. The zero-order valence-corrected chi connectivity index (χ0v) is 10.4. The molecule has 0 atom stereocenters. The van der Waals surface area contributed by atoms with E-state index in [9.17, 15) is 4.79 Å². The first-order valence-electron chi connectivity index (χ1n) is 5.64. The fraction of sp³-hybridized carbons (Fsp3) is 0.250. The second-order valence-electron chi connectivity index (χ2n) is 3.80. The summed E-state index contributed by atoms with van der Waals surface area (Å²) >= 11 is 5.82. The summed E-state index contributed by atoms with van der Waals surface area (Å²) in [6, 6.07) is 6.87. The minimum Gasteiger partial charge on any atom is -0.352 e. The number of rotatable bonds is 5. The predicted octanol–water partition coefficient (Wildman–Crippen LogP) is 1.82. The summed E-state index contributed by atoms with van der Waals surface area (Å²) < 4.78 is 0. The topological polar surface area (TPSA) is 70.7 Å². The number of H-pyrrole nitrogens is 1. The van der Waals surface area contributed by atoms with Crippen molar-refractivity contribution in [1.82, 2.24) is 20.5 Å². The Morgan fingerprint density at radius 2 is 2.33 bits per heavy atom. The highest BCUT2D eigenvalue weighted by Gasteiger charge is 2.05. The van der Waals surface area contributed by atoms with E-state index < -0.39 is 0 Å². The number of benzene rings is 1. The van der Waals surface area contributed by atoms with E-state index in [2.05, 4.69) is 20.5 Å². The van der Waals surface area contributed by atoms with Gasteiger partial charge < -0.3 is 5.32 Å². The molecule has 1 amide bonds. The number of halogens is 1. The van der Waals surface area contributed by atoms with Crippen LogP contribution in [0.2, 0.25) is 5.02 Å². The van der Waals surface area contributed by atoms with Crippen molar-refractivity contribution in [3.05, 3.63) is 47.0 Å². The van der Waals surface area contributed by atoms with Crippen LogP contribution in [-0.4, -0.2) is 27.6 Å². The zero-order chi connectivity index (χ0) is 12.8. The summed E-state index contributed by atoms with van der Waals surface area (Å²) in [4.78, 5) is 15.8. The van der Waals surface area contributed by atoms with Crippen molar-refractivity contribution in [2.45, 2.75) is 12.8 Å². The van der Waals surface area contributed by atoms with E-state index in [4.69, 9.17) is 11.6 Å². The van der Waals surface area contributed by atoms with Crippen molar-refractivity contribution in [3.63, 3.8) is 0 Å². The molecule has 18 heavy (non-hydrogen) atoms. The van der Waals surface area contributed by atoms with E-state index in [0.29, 0.717) is 17.1 Å². The lowest BCUT2D eigenvalue weighted by atomic mass is 10.2. The minimum atomic E-state index is -0.116. The van der Waals surface area contributed by atoms with Crippen molar-refractivity contribution >= 4 is 17.5 Å². The van der Waals surface area contributed by atoms with Gasteiger partial charge in [-0.05, 0) is 24.6 Å². The fourth-order valence-corrected chi connectivity index (χ4v) is 1.73. The molecule has 1 aromatic carbocycles. The van der Waals surface area contributed by atoms with Crippen LogP contribution in [0.25, 0.3) is 0 Å². The minimum absolute atomic E-state index is 0.116. The van der Waals surface area contributed by atoms with Gasteiger partial charge in [0.2, 0.25) is 0 Å². The number of carbonyl (C=O) groups excluding carboxylic acids is 1. The van der Waals surface area contributed by atoms with Gasteiger partial charge in [0.05, 0.1) is 0 Å². The molecule has 94 valence electrons. The van der Waals surface area contributed by atoms with Crippen LogP contribution < -0.4 is 5.32 Å². The normalized spacial score (nSPS) is 10.3. The third-order valence-corrected chi connectivity index (χ3v) is 2.66. The van der Waals surface area contributed by atoms with E-state index in [0.717, 1.165) is 18.7 Å². The lowest BCUT2D eigenvalue weighted by Gasteiger charge is -2.04. The summed E-state index contributed by atoms with van der Waals surface area (Å²) in [5.41, 5.74) is 0.571. The van der Waals surface area contributed by atoms with Gasteiger partial charge in [-0.15, -0.1) is 0 Å². The maximum Gasteiger partial charge on any atom is 0.251 e. The molecule has 0 unspecified atom stereocenters. The van der Waals surface area contributed by atoms with Crippen LogP contribution in [0.4, 0.5) is 0 Å². The van der Waals surface area contributed by atoms with E-state index in [1.54, 1.807) is 24.3 Å². The van der Waals surface area contributed by atoms with Crippen LogP contribution >= 0.6 is 11.6 Å². The van der Waals surface area contributed by atoms with Crippen LogP contribution in [0, 0.1) is 0 Å². The molecule has 1 aromatic heterocycles. The number of amides is 1. The van der Waals surface area contributed by atoms with Gasteiger partial charge in [-0.25, -0.2) is 4.98 Å². The second-order valence-corrected chi connectivity index (χ2v) is 4.24. The molecule has 2 rings (SSSR count). The predicted molar refractivity (Wildman–Crippen MR) is 68.5 cm³/mol. The molecular weight excluding hydrogens is 252 g/mol. The Hall–Kier alpha value is -1.88. The van der Waals surface area contributed by atoms with E-state index in [1.165, 1.54) is 6.33 Å². The van der Waals surface area contributed by atoms with E-state index in [-0.39, 0.29) is 5.91 Å². The molecule has 0 spiro atoms. The van der Waals surface area contributed by atoms with Gasteiger partial charge in [0.25, 0.3) is 5.91 Å². The molecule has 0 fully saturated rings. The molecule has 0 saturated heterocycles. The van der Waals surface area contributed by atoms with Crippen LogP contribution in [0.1, 0.15) is 22.6 Å². The molecule has 0 aliphatic heterocycles. The Morgan fingerprint density at radius 3 is 3.06 bits per heavy atom. The lowest BCUT2D eigenvalue weighted by molar-refractivity contribution is 0.0953. The van der Waals surface area contributed by atoms with Crippen LogP contribution in [0.15, 0.2) is 30.6 Å². The van der Waals surface area contributed by atoms with Crippen LogP contribution in [-0.2, 0) is 6.42 Å². The largest absolute Gasteiger partial charge is 0.352 e. The summed E-state index contributed by atoms with van der Waals surface area (Å²) in [7, 11) is 0. The van der Waals surface area contributed by atoms with Gasteiger partial charge in [-0.3, -0.25) is 9.89 Å². The fourth-order valence-electron chi connectivity index (χ4n) is 1.54. The number of nitrogens with zero attached hydrogens (tertiary/aromatic N) is 2. The number of aromatic amines is 1. The maximum atomic E-state index is 11.8. The smallest absolute Gasteiger partial charge is 0.251 e. The Morgan fingerprint density at radius 1 is 1.44 bits per heavy atom. The molecular formula is C12H13ClN4O. The highest BCUT2D eigenvalue weighted by molar-refractivity contribution is 6.30. The molecule has 2 aromatic rings. The molecule has 0 bridgehead atoms. The van der Waals surface area contributed by atoms with E-state index >= 15 is 0 Å². The quantitative estimate of drug-likeness (QED) is 0.810. The molecule has 0 aliphatic carbocycles. The van der Waals surface area contributed by atoms with Gasteiger partial charge in [0.1, 0.15) is 12.2 Å². The molecule has 0 saturated carbocycles. The molecule has 2 N–H and O–H groups in total. The number of carbonyl (C=O) groups is 1. The van der Waals surface area contributed by atoms with Crippen molar-refractivity contribution in [2.24, 2.45) is 0 Å². The van der Waals surface area contributed by atoms with Crippen molar-refractivity contribution in [1.29, 1.82) is 0 Å². The van der Waals surface area contributed by atoms with Crippen LogP contribution in [0.5, 0.6) is 0 Å². The number of hydrogen-bond donors (Lipinski definition) is 2. The van der Waals surface area contributed by atoms with Gasteiger partial charge in [0.15, 0.2) is 0 Å². The van der Waals surface area contributed by atoms with Crippen molar-refractivity contribution < 1.29 is 4.79 Å². The van der Waals surface area contributed by atoms with Crippen molar-refractivity contribution in [2.75, 3.05) is 6.54 Å². The average Bonchev–Trinajstić information content (AvgIpc) is 2.87. The Kier molecular flexibility index (Phi) is 4.30. The van der Waals surface area contributed by atoms with Crippen LogP contribution in [0.3, 0.4) is 0 Å². The molecule has 0 radical (unpaired) electrons. The number of aromatic nitrogens is 3. The van der Waals surface area contributed by atoms with Gasteiger partial charge in [-0.1, -0.05) is 17.7 Å². The summed E-state index contributed by atoms with van der Waals surface area (Å²) in [5, 5.41) is 9.92. The highest BCUT2D eigenvalue weighted by Crippen LogP contribution is 2.10. The maximum absolute atomic E-state index is 11.8. The molecule has 6 heteroatoms. The average molecular weight is 265 g/mol. The standard InChI is InChI=1S/C12H13ClN4O/c13-10-4-1-3-9(7-10)12(18)14-6-2-5-11-15-8-16-17-11/h1,3-4,7-8H,2,5-6H2,(H,14,18)(H,15,16,17). The lowest BCUT2D eigenvalue weighted by Crippen LogP contribution is -2.24. The SMILES string of the molecule is O=C(NCCCc1ncn[nH]1)c1cccc(Cl)c1. The van der Waals surface area contributed by atoms with Gasteiger partial charge in [-0.2, -0.15) is 5.10 Å². The van der Waals surface area contributed by atoms with Gasteiger partial charge >= 0.3 is 0 Å².